The monoisotopic (exact) mass is 599 g/mol. The van der Waals surface area contributed by atoms with Crippen LogP contribution in [-0.2, 0) is 36.3 Å². The fourth-order valence-electron chi connectivity index (χ4n) is 7.09. The Balaban J connectivity index is 1.56. The molecule has 0 aliphatic heterocycles. The zero-order chi connectivity index (χ0) is 30.0. The number of carbonyl (C=O) groups is 2. The van der Waals surface area contributed by atoms with E-state index >= 15 is 0 Å². The molecule has 2 aromatic rings. The topological polar surface area (TPSA) is 101 Å². The highest BCUT2D eigenvalue weighted by Crippen LogP contribution is 2.59. The lowest BCUT2D eigenvalue weighted by atomic mass is 9.72. The SMILES string of the molecule is CC(F)(c1ccc2c(c1)CC[C@H]1[C@H](C(=O)N[C@@H]3CC[C@@H](C(=O)O)C3)CC[C@@]21S(=O)(=O)c1ccc(F)cc1)C(F)(F)F. The van der Waals surface area contributed by atoms with E-state index in [9.17, 15) is 45.1 Å². The molecule has 0 radical (unpaired) electrons. The standard InChI is InChI=1S/C29H30F5NO5S/c1-27(31,29(32,33)34)18-4-11-23-16(14-18)3-10-24-22(25(36)35-20-7-2-17(15-20)26(37)38)12-13-28(23,24)41(39,40)21-8-5-19(30)6-9-21/h4-6,8-9,11,14,17,20,22,24H,2-3,7,10,12-13,15H2,1H3,(H,35,36)(H,37,38)/t17-,20-,22-,24+,27?,28-/m1/s1. The number of fused-ring (bicyclic) bond motifs is 3. The summed E-state index contributed by atoms with van der Waals surface area (Å²) in [7, 11) is -4.32. The summed E-state index contributed by atoms with van der Waals surface area (Å²) in [5.74, 6) is -4.08. The van der Waals surface area contributed by atoms with Crippen molar-refractivity contribution in [3.05, 3.63) is 65.0 Å². The molecule has 2 fully saturated rings. The van der Waals surface area contributed by atoms with E-state index in [1.807, 2.05) is 0 Å². The highest BCUT2D eigenvalue weighted by Gasteiger charge is 2.62. The zero-order valence-corrected chi connectivity index (χ0v) is 23.0. The number of amides is 1. The number of carboxylic acid groups (broad SMARTS) is 1. The van der Waals surface area contributed by atoms with E-state index in [0.29, 0.717) is 19.8 Å². The third-order valence-corrected chi connectivity index (χ3v) is 11.9. The summed E-state index contributed by atoms with van der Waals surface area (Å²) >= 11 is 0. The van der Waals surface area contributed by atoms with Gasteiger partial charge in [0.05, 0.1) is 10.8 Å². The largest absolute Gasteiger partial charge is 0.481 e. The van der Waals surface area contributed by atoms with Gasteiger partial charge >= 0.3 is 12.1 Å². The first-order chi connectivity index (χ1) is 19.1. The van der Waals surface area contributed by atoms with Crippen molar-refractivity contribution in [2.45, 2.75) is 79.4 Å². The summed E-state index contributed by atoms with van der Waals surface area (Å²) in [5, 5.41) is 12.2. The minimum absolute atomic E-state index is 0.0175. The smallest absolute Gasteiger partial charge is 0.426 e. The van der Waals surface area contributed by atoms with Crippen LogP contribution in [0.1, 0.15) is 62.1 Å². The van der Waals surface area contributed by atoms with Crippen LogP contribution in [0, 0.1) is 23.6 Å². The Morgan fingerprint density at radius 1 is 1.00 bits per heavy atom. The van der Waals surface area contributed by atoms with Gasteiger partial charge in [0, 0.05) is 12.0 Å². The Bertz CT molecular complexity index is 1470. The van der Waals surface area contributed by atoms with Crippen LogP contribution in [0.5, 0.6) is 0 Å². The van der Waals surface area contributed by atoms with Crippen LogP contribution in [0.4, 0.5) is 22.0 Å². The van der Waals surface area contributed by atoms with Crippen molar-refractivity contribution >= 4 is 21.7 Å². The Morgan fingerprint density at radius 3 is 2.29 bits per heavy atom. The molecular weight excluding hydrogens is 569 g/mol. The van der Waals surface area contributed by atoms with Gasteiger partial charge in [0.25, 0.3) is 0 Å². The lowest BCUT2D eigenvalue weighted by Gasteiger charge is -2.42. The second-order valence-corrected chi connectivity index (χ2v) is 13.8. The van der Waals surface area contributed by atoms with Crippen LogP contribution >= 0.6 is 0 Å². The van der Waals surface area contributed by atoms with Gasteiger partial charge in [-0.15, -0.1) is 0 Å². The van der Waals surface area contributed by atoms with Crippen molar-refractivity contribution in [1.82, 2.24) is 5.32 Å². The Kier molecular flexibility index (Phi) is 7.23. The number of rotatable bonds is 6. The lowest BCUT2D eigenvalue weighted by Crippen LogP contribution is -2.48. The maximum Gasteiger partial charge on any atom is 0.426 e. The number of alkyl halides is 4. The van der Waals surface area contributed by atoms with Crippen LogP contribution in [0.3, 0.4) is 0 Å². The van der Waals surface area contributed by atoms with E-state index in [4.69, 9.17) is 0 Å². The van der Waals surface area contributed by atoms with Gasteiger partial charge in [0.2, 0.25) is 11.6 Å². The fraction of sp³-hybridized carbons (Fsp3) is 0.517. The highest BCUT2D eigenvalue weighted by atomic mass is 32.2. The van der Waals surface area contributed by atoms with Gasteiger partial charge in [-0.05, 0) is 98.7 Å². The highest BCUT2D eigenvalue weighted by molar-refractivity contribution is 7.92. The molecular formula is C29H30F5NO5S. The molecule has 2 saturated carbocycles. The first-order valence-corrected chi connectivity index (χ1v) is 15.0. The molecule has 0 bridgehead atoms. The predicted octanol–water partition coefficient (Wildman–Crippen LogP) is 5.58. The van der Waals surface area contributed by atoms with Crippen molar-refractivity contribution in [2.75, 3.05) is 0 Å². The summed E-state index contributed by atoms with van der Waals surface area (Å²) in [6.07, 6.45) is -3.60. The van der Waals surface area contributed by atoms with E-state index in [1.54, 1.807) is 0 Å². The number of benzene rings is 2. The van der Waals surface area contributed by atoms with Crippen molar-refractivity contribution < 1.29 is 45.1 Å². The normalized spacial score (nSPS) is 29.3. The van der Waals surface area contributed by atoms with E-state index < -0.39 is 67.4 Å². The molecule has 222 valence electrons. The zero-order valence-electron chi connectivity index (χ0n) is 22.2. The van der Waals surface area contributed by atoms with Crippen LogP contribution in [0.2, 0.25) is 0 Å². The minimum atomic E-state index is -5.19. The summed E-state index contributed by atoms with van der Waals surface area (Å²) in [4.78, 5) is 24.7. The number of aryl methyl sites for hydroxylation is 1. The number of nitrogens with one attached hydrogen (secondary N) is 1. The van der Waals surface area contributed by atoms with Crippen molar-refractivity contribution in [1.29, 1.82) is 0 Å². The number of sulfone groups is 1. The maximum atomic E-state index is 14.9. The van der Waals surface area contributed by atoms with Crippen molar-refractivity contribution in [3.63, 3.8) is 0 Å². The first kappa shape index (κ1) is 29.5. The molecule has 2 N–H and O–H groups in total. The number of halogens is 5. The van der Waals surface area contributed by atoms with Crippen molar-refractivity contribution in [2.24, 2.45) is 17.8 Å². The van der Waals surface area contributed by atoms with E-state index in [-0.39, 0.29) is 54.2 Å². The molecule has 0 spiro atoms. The van der Waals surface area contributed by atoms with Crippen LogP contribution < -0.4 is 5.32 Å². The third kappa shape index (κ3) is 4.71. The molecule has 5 rings (SSSR count). The van der Waals surface area contributed by atoms with Gasteiger partial charge in [0.15, 0.2) is 9.84 Å². The summed E-state index contributed by atoms with van der Waals surface area (Å²) in [6.45, 7) is 0.416. The number of hydrogen-bond donors (Lipinski definition) is 2. The first-order valence-electron chi connectivity index (χ1n) is 13.5. The molecule has 2 aromatic carbocycles. The molecule has 0 saturated heterocycles. The van der Waals surface area contributed by atoms with Gasteiger partial charge in [-0.2, -0.15) is 13.2 Å². The molecule has 41 heavy (non-hydrogen) atoms. The lowest BCUT2D eigenvalue weighted by molar-refractivity contribution is -0.228. The van der Waals surface area contributed by atoms with E-state index in [0.717, 1.165) is 36.4 Å². The van der Waals surface area contributed by atoms with Crippen molar-refractivity contribution in [3.8, 4) is 0 Å². The van der Waals surface area contributed by atoms with Crippen LogP contribution in [0.25, 0.3) is 0 Å². The van der Waals surface area contributed by atoms with Gasteiger partial charge in [-0.3, -0.25) is 9.59 Å². The molecule has 12 heteroatoms. The third-order valence-electron chi connectivity index (χ3n) is 9.34. The molecule has 1 amide bonds. The van der Waals surface area contributed by atoms with E-state index in [1.165, 1.54) is 6.07 Å². The average Bonchev–Trinajstić information content (AvgIpc) is 3.54. The quantitative estimate of drug-likeness (QED) is 0.334. The predicted molar refractivity (Wildman–Crippen MR) is 138 cm³/mol. The maximum absolute atomic E-state index is 14.9. The molecule has 3 aliphatic carbocycles. The van der Waals surface area contributed by atoms with Gasteiger partial charge in [-0.1, -0.05) is 18.2 Å². The number of hydrogen-bond acceptors (Lipinski definition) is 4. The molecule has 3 aliphatic rings. The van der Waals surface area contributed by atoms with E-state index in [2.05, 4.69) is 5.32 Å². The Morgan fingerprint density at radius 2 is 1.68 bits per heavy atom. The minimum Gasteiger partial charge on any atom is -0.481 e. The molecule has 6 nitrogen and oxygen atoms in total. The molecule has 0 aromatic heterocycles. The average molecular weight is 600 g/mol. The van der Waals surface area contributed by atoms with Gasteiger partial charge in [0.1, 0.15) is 10.6 Å². The number of carboxylic acids is 1. The second-order valence-electron chi connectivity index (χ2n) is 11.6. The number of aliphatic carboxylic acids is 1. The van der Waals surface area contributed by atoms with Gasteiger partial charge < -0.3 is 10.4 Å². The Labute approximate surface area is 234 Å². The molecule has 6 atom stereocenters. The number of carbonyl (C=O) groups excluding carboxylic acids is 1. The second kappa shape index (κ2) is 10.1. The fourth-order valence-corrected chi connectivity index (χ4v) is 9.56. The van der Waals surface area contributed by atoms with Crippen LogP contribution in [0.15, 0.2) is 47.4 Å². The Hall–Kier alpha value is -3.02. The van der Waals surface area contributed by atoms with Gasteiger partial charge in [-0.25, -0.2) is 17.2 Å². The summed E-state index contributed by atoms with van der Waals surface area (Å²) < 4.78 is 96.0. The van der Waals surface area contributed by atoms with Crippen LogP contribution in [-0.4, -0.2) is 37.6 Å². The summed E-state index contributed by atoms with van der Waals surface area (Å²) in [5.41, 5.74) is -3.81. The molecule has 0 heterocycles. The summed E-state index contributed by atoms with van der Waals surface area (Å²) in [6, 6.07) is 7.14. The molecule has 1 unspecified atom stereocenters.